The van der Waals surface area contributed by atoms with E-state index in [1.807, 2.05) is 0 Å². The van der Waals surface area contributed by atoms with Crippen LogP contribution in [0.5, 0.6) is 0 Å². The first kappa shape index (κ1) is 15.6. The maximum Gasteiger partial charge on any atom is 0.342 e. The van der Waals surface area contributed by atoms with Crippen LogP contribution < -0.4 is 5.73 Å². The van der Waals surface area contributed by atoms with Gasteiger partial charge in [-0.05, 0) is 19.1 Å². The van der Waals surface area contributed by atoms with Gasteiger partial charge in [-0.2, -0.15) is 0 Å². The standard InChI is InChI=1S/C9H11ClFNO2S.ClH/c1-2-14-9(13)7(11)8(12)5-3-4-6(10)15-5;/h3-4,7-8H,2,12H2,1H3;1H/t7?,8-;/m0./s1. The van der Waals surface area contributed by atoms with Crippen molar-refractivity contribution < 1.29 is 13.9 Å². The van der Waals surface area contributed by atoms with Gasteiger partial charge in [0.15, 0.2) is 0 Å². The van der Waals surface area contributed by atoms with E-state index in [0.717, 1.165) is 11.3 Å². The highest BCUT2D eigenvalue weighted by atomic mass is 35.5. The van der Waals surface area contributed by atoms with Crippen molar-refractivity contribution in [2.45, 2.75) is 19.1 Å². The van der Waals surface area contributed by atoms with E-state index in [1.54, 1.807) is 19.1 Å². The molecule has 92 valence electrons. The highest BCUT2D eigenvalue weighted by Crippen LogP contribution is 2.28. The lowest BCUT2D eigenvalue weighted by molar-refractivity contribution is -0.149. The molecule has 0 aliphatic carbocycles. The van der Waals surface area contributed by atoms with Gasteiger partial charge in [-0.15, -0.1) is 23.7 Å². The molecule has 0 aliphatic heterocycles. The predicted molar refractivity (Wildman–Crippen MR) is 65.0 cm³/mol. The highest BCUT2D eigenvalue weighted by Gasteiger charge is 2.28. The predicted octanol–water partition coefficient (Wildman–Crippen LogP) is 2.72. The number of halogens is 3. The molecule has 3 nitrogen and oxygen atoms in total. The Balaban J connectivity index is 0.00000225. The first-order valence-corrected chi connectivity index (χ1v) is 5.57. The molecule has 0 aliphatic rings. The number of nitrogens with two attached hydrogens (primary N) is 1. The van der Waals surface area contributed by atoms with Gasteiger partial charge < -0.3 is 10.5 Å². The summed E-state index contributed by atoms with van der Waals surface area (Å²) in [7, 11) is 0. The number of esters is 1. The van der Waals surface area contributed by atoms with Crippen LogP contribution in [0.25, 0.3) is 0 Å². The Labute approximate surface area is 108 Å². The Kier molecular flexibility index (Phi) is 6.90. The van der Waals surface area contributed by atoms with Gasteiger partial charge in [0.05, 0.1) is 17.0 Å². The Morgan fingerprint density at radius 3 is 2.75 bits per heavy atom. The van der Waals surface area contributed by atoms with Crippen molar-refractivity contribution in [1.82, 2.24) is 0 Å². The third-order valence-electron chi connectivity index (χ3n) is 1.75. The van der Waals surface area contributed by atoms with E-state index in [1.165, 1.54) is 0 Å². The normalized spacial score (nSPS) is 13.8. The van der Waals surface area contributed by atoms with Gasteiger partial charge in [0.25, 0.3) is 0 Å². The lowest BCUT2D eigenvalue weighted by atomic mass is 10.1. The molecule has 1 rings (SSSR count). The summed E-state index contributed by atoms with van der Waals surface area (Å²) in [6.07, 6.45) is -1.85. The van der Waals surface area contributed by atoms with Gasteiger partial charge in [-0.1, -0.05) is 11.6 Å². The molecule has 1 heterocycles. The molecule has 0 saturated heterocycles. The summed E-state index contributed by atoms with van der Waals surface area (Å²) in [6.45, 7) is 1.75. The first-order valence-electron chi connectivity index (χ1n) is 4.37. The lowest BCUT2D eigenvalue weighted by Gasteiger charge is -2.13. The number of carbonyl (C=O) groups excluding carboxylic acids is 1. The Morgan fingerprint density at radius 2 is 2.31 bits per heavy atom. The Hall–Kier alpha value is -0.360. The van der Waals surface area contributed by atoms with E-state index >= 15 is 0 Å². The minimum Gasteiger partial charge on any atom is -0.464 e. The molecule has 0 radical (unpaired) electrons. The maximum atomic E-state index is 13.4. The Bertz CT molecular complexity index is 348. The third-order valence-corrected chi connectivity index (χ3v) is 3.08. The number of hydrogen-bond donors (Lipinski definition) is 1. The summed E-state index contributed by atoms with van der Waals surface area (Å²) in [5.41, 5.74) is 5.56. The number of alkyl halides is 1. The fourth-order valence-corrected chi connectivity index (χ4v) is 2.10. The van der Waals surface area contributed by atoms with Crippen LogP contribution in [0.2, 0.25) is 4.34 Å². The van der Waals surface area contributed by atoms with Crippen molar-refractivity contribution in [1.29, 1.82) is 0 Å². The van der Waals surface area contributed by atoms with Crippen LogP contribution in [-0.4, -0.2) is 18.7 Å². The summed E-state index contributed by atoms with van der Waals surface area (Å²) in [6, 6.07) is 2.20. The molecule has 2 atom stereocenters. The number of carbonyl (C=O) groups is 1. The Morgan fingerprint density at radius 1 is 1.69 bits per heavy atom. The second kappa shape index (κ2) is 7.06. The summed E-state index contributed by atoms with van der Waals surface area (Å²) >= 11 is 6.83. The molecule has 0 aromatic carbocycles. The zero-order valence-electron chi connectivity index (χ0n) is 8.48. The minimum absolute atomic E-state index is 0. The summed E-state index contributed by atoms with van der Waals surface area (Å²) < 4.78 is 18.5. The zero-order chi connectivity index (χ0) is 11.4. The first-order chi connectivity index (χ1) is 7.06. The fraction of sp³-hybridized carbons (Fsp3) is 0.444. The molecule has 1 aromatic rings. The molecule has 16 heavy (non-hydrogen) atoms. The average molecular weight is 288 g/mol. The smallest absolute Gasteiger partial charge is 0.342 e. The van der Waals surface area contributed by atoms with Crippen molar-refractivity contribution in [2.24, 2.45) is 5.73 Å². The minimum atomic E-state index is -1.85. The van der Waals surface area contributed by atoms with Crippen molar-refractivity contribution >= 4 is 41.3 Å². The lowest BCUT2D eigenvalue weighted by Crippen LogP contribution is -2.30. The topological polar surface area (TPSA) is 52.3 Å². The SMILES string of the molecule is CCOC(=O)C(F)[C@@H](N)c1ccc(Cl)s1.Cl. The molecule has 7 heteroatoms. The number of hydrogen-bond acceptors (Lipinski definition) is 4. The number of ether oxygens (including phenoxy) is 1. The maximum absolute atomic E-state index is 13.4. The summed E-state index contributed by atoms with van der Waals surface area (Å²) in [5, 5.41) is 0. The molecule has 0 bridgehead atoms. The number of thiophene rings is 1. The summed E-state index contributed by atoms with van der Waals surface area (Å²) in [4.78, 5) is 11.6. The van der Waals surface area contributed by atoms with Crippen molar-refractivity contribution in [3.63, 3.8) is 0 Å². The van der Waals surface area contributed by atoms with Crippen LogP contribution in [-0.2, 0) is 9.53 Å². The van der Waals surface area contributed by atoms with E-state index in [2.05, 4.69) is 4.74 Å². The van der Waals surface area contributed by atoms with E-state index in [0.29, 0.717) is 9.21 Å². The molecule has 0 spiro atoms. The van der Waals surface area contributed by atoms with Gasteiger partial charge in [0.2, 0.25) is 6.17 Å². The third kappa shape index (κ3) is 3.90. The molecular formula is C9H12Cl2FNO2S. The molecule has 1 aromatic heterocycles. The second-order valence-electron chi connectivity index (χ2n) is 2.82. The largest absolute Gasteiger partial charge is 0.464 e. The van der Waals surface area contributed by atoms with Crippen molar-refractivity contribution in [3.8, 4) is 0 Å². The molecule has 1 unspecified atom stereocenters. The monoisotopic (exact) mass is 287 g/mol. The molecular weight excluding hydrogens is 276 g/mol. The van der Waals surface area contributed by atoms with Crippen LogP contribution in [0.3, 0.4) is 0 Å². The van der Waals surface area contributed by atoms with Crippen LogP contribution in [0.4, 0.5) is 4.39 Å². The molecule has 0 amide bonds. The van der Waals surface area contributed by atoms with E-state index in [9.17, 15) is 9.18 Å². The zero-order valence-corrected chi connectivity index (χ0v) is 10.9. The molecule has 2 N–H and O–H groups in total. The van der Waals surface area contributed by atoms with E-state index < -0.39 is 18.2 Å². The van der Waals surface area contributed by atoms with E-state index in [-0.39, 0.29) is 19.0 Å². The molecule has 0 fully saturated rings. The van der Waals surface area contributed by atoms with Gasteiger partial charge in [0, 0.05) is 4.88 Å². The van der Waals surface area contributed by atoms with Crippen LogP contribution in [0.1, 0.15) is 17.8 Å². The number of rotatable bonds is 4. The second-order valence-corrected chi connectivity index (χ2v) is 4.57. The van der Waals surface area contributed by atoms with Gasteiger partial charge in [0.1, 0.15) is 0 Å². The van der Waals surface area contributed by atoms with Crippen LogP contribution in [0, 0.1) is 0 Å². The van der Waals surface area contributed by atoms with Crippen LogP contribution >= 0.6 is 35.3 Å². The van der Waals surface area contributed by atoms with Gasteiger partial charge >= 0.3 is 5.97 Å². The highest BCUT2D eigenvalue weighted by molar-refractivity contribution is 7.16. The van der Waals surface area contributed by atoms with Crippen molar-refractivity contribution in [2.75, 3.05) is 6.61 Å². The fourth-order valence-electron chi connectivity index (χ4n) is 1.02. The summed E-state index contributed by atoms with van der Waals surface area (Å²) in [5.74, 6) is -0.936. The van der Waals surface area contributed by atoms with Crippen molar-refractivity contribution in [3.05, 3.63) is 21.3 Å². The average Bonchev–Trinajstić information content (AvgIpc) is 2.63. The molecule has 0 saturated carbocycles. The van der Waals surface area contributed by atoms with Gasteiger partial charge in [-0.25, -0.2) is 9.18 Å². The quantitative estimate of drug-likeness (QED) is 0.867. The van der Waals surface area contributed by atoms with E-state index in [4.69, 9.17) is 17.3 Å². The van der Waals surface area contributed by atoms with Gasteiger partial charge in [-0.3, -0.25) is 0 Å². The van der Waals surface area contributed by atoms with Crippen LogP contribution in [0.15, 0.2) is 12.1 Å².